The van der Waals surface area contributed by atoms with Gasteiger partial charge in [0.1, 0.15) is 17.0 Å². The third-order valence-electron chi connectivity index (χ3n) is 5.23. The molecule has 0 aliphatic heterocycles. The summed E-state index contributed by atoms with van der Waals surface area (Å²) < 4.78 is 21.9. The van der Waals surface area contributed by atoms with Crippen LogP contribution >= 0.6 is 0 Å². The van der Waals surface area contributed by atoms with Gasteiger partial charge in [0.2, 0.25) is 0 Å². The van der Waals surface area contributed by atoms with E-state index in [0.717, 1.165) is 28.9 Å². The number of likely N-dealkylation sites (N-methyl/N-ethyl adjacent to an activating group) is 1. The lowest BCUT2D eigenvalue weighted by Crippen LogP contribution is -2.22. The molecule has 0 aliphatic carbocycles. The first-order valence-corrected chi connectivity index (χ1v) is 10.3. The van der Waals surface area contributed by atoms with Crippen LogP contribution in [-0.4, -0.2) is 45.2 Å². The molecule has 0 bridgehead atoms. The largest absolute Gasteiger partial charge is 0.494 e. The first-order chi connectivity index (χ1) is 15.0. The Morgan fingerprint density at radius 3 is 2.68 bits per heavy atom. The third-order valence-corrected chi connectivity index (χ3v) is 5.23. The molecule has 0 amide bonds. The van der Waals surface area contributed by atoms with Gasteiger partial charge in [0.25, 0.3) is 0 Å². The average molecular weight is 420 g/mol. The highest BCUT2D eigenvalue weighted by Crippen LogP contribution is 2.30. The van der Waals surface area contributed by atoms with E-state index in [4.69, 9.17) is 9.84 Å². The van der Waals surface area contributed by atoms with E-state index >= 15 is 0 Å². The number of fused-ring (bicyclic) bond motifs is 1. The molecule has 0 unspecified atom stereocenters. The molecule has 4 aromatic rings. The summed E-state index contributed by atoms with van der Waals surface area (Å²) in [7, 11) is 1.95. The van der Waals surface area contributed by atoms with Crippen LogP contribution < -0.4 is 9.64 Å². The van der Waals surface area contributed by atoms with Gasteiger partial charge < -0.3 is 9.64 Å². The van der Waals surface area contributed by atoms with E-state index in [1.165, 1.54) is 6.07 Å². The monoisotopic (exact) mass is 420 g/mol. The smallest absolute Gasteiger partial charge is 0.179 e. The molecular weight excluding hydrogens is 395 g/mol. The summed E-state index contributed by atoms with van der Waals surface area (Å²) in [6.07, 6.45) is 2.55. The van der Waals surface area contributed by atoms with Crippen LogP contribution in [0.15, 0.2) is 42.6 Å². The molecule has 0 N–H and O–H groups in total. The third kappa shape index (κ3) is 4.05. The van der Waals surface area contributed by atoms with Crippen molar-refractivity contribution >= 4 is 16.7 Å². The molecule has 0 radical (unpaired) electrons. The van der Waals surface area contributed by atoms with Gasteiger partial charge in [0.05, 0.1) is 23.4 Å². The summed E-state index contributed by atoms with van der Waals surface area (Å²) in [5.41, 5.74) is 3.63. The Labute approximate surface area is 180 Å². The second-order valence-corrected chi connectivity index (χ2v) is 7.37. The van der Waals surface area contributed by atoms with E-state index in [2.05, 4.69) is 15.2 Å². The van der Waals surface area contributed by atoms with Crippen molar-refractivity contribution in [3.8, 4) is 11.4 Å². The second kappa shape index (κ2) is 8.67. The molecule has 4 rings (SSSR count). The average Bonchev–Trinajstić information content (AvgIpc) is 3.11. The summed E-state index contributed by atoms with van der Waals surface area (Å²) in [4.78, 5) is 6.38. The standard InChI is InChI=1S/C23H25FN6O/c1-5-31-18-9-10-20(19(24)14-18)30-16(3)21-15(2)26-27-23(22(21)28-30)29(4)13-11-17-8-6-7-12-25-17/h6-10,12,14H,5,11,13H2,1-4H3. The topological polar surface area (TPSA) is 69.0 Å². The molecule has 160 valence electrons. The van der Waals surface area contributed by atoms with Gasteiger partial charge in [-0.3, -0.25) is 4.98 Å². The molecular formula is C23H25FN6O. The van der Waals surface area contributed by atoms with Crippen molar-refractivity contribution < 1.29 is 9.13 Å². The first-order valence-electron chi connectivity index (χ1n) is 10.3. The molecule has 0 atom stereocenters. The van der Waals surface area contributed by atoms with E-state index in [1.54, 1.807) is 23.0 Å². The molecule has 8 heteroatoms. The summed E-state index contributed by atoms with van der Waals surface area (Å²) in [5.74, 6) is 0.753. The highest BCUT2D eigenvalue weighted by Gasteiger charge is 2.20. The molecule has 0 saturated heterocycles. The molecule has 7 nitrogen and oxygen atoms in total. The van der Waals surface area contributed by atoms with Crippen LogP contribution in [0.25, 0.3) is 16.6 Å². The van der Waals surface area contributed by atoms with Gasteiger partial charge in [-0.05, 0) is 45.0 Å². The van der Waals surface area contributed by atoms with Crippen LogP contribution in [0.4, 0.5) is 10.2 Å². The molecule has 0 spiro atoms. The number of ether oxygens (including phenoxy) is 1. The molecule has 31 heavy (non-hydrogen) atoms. The molecule has 0 saturated carbocycles. The van der Waals surface area contributed by atoms with Crippen LogP contribution in [-0.2, 0) is 6.42 Å². The minimum absolute atomic E-state index is 0.360. The minimum atomic E-state index is -0.398. The van der Waals surface area contributed by atoms with Crippen molar-refractivity contribution in [2.45, 2.75) is 27.2 Å². The Hall–Kier alpha value is -3.55. The fraction of sp³-hybridized carbons (Fsp3) is 0.304. The zero-order chi connectivity index (χ0) is 22.0. The van der Waals surface area contributed by atoms with Crippen molar-refractivity contribution in [3.05, 3.63) is 65.5 Å². The van der Waals surface area contributed by atoms with E-state index in [9.17, 15) is 4.39 Å². The number of pyridine rings is 1. The molecule has 3 heterocycles. The first kappa shape index (κ1) is 20.7. The minimum Gasteiger partial charge on any atom is -0.494 e. The summed E-state index contributed by atoms with van der Waals surface area (Å²) in [5, 5.41) is 14.3. The lowest BCUT2D eigenvalue weighted by Gasteiger charge is -2.17. The Bertz CT molecular complexity index is 1210. The van der Waals surface area contributed by atoms with Gasteiger partial charge >= 0.3 is 0 Å². The highest BCUT2D eigenvalue weighted by molar-refractivity contribution is 5.92. The van der Waals surface area contributed by atoms with E-state index in [0.29, 0.717) is 35.9 Å². The number of nitrogens with zero attached hydrogens (tertiary/aromatic N) is 6. The predicted molar refractivity (Wildman–Crippen MR) is 118 cm³/mol. The molecule has 0 fully saturated rings. The van der Waals surface area contributed by atoms with E-state index in [1.807, 2.05) is 50.9 Å². The van der Waals surface area contributed by atoms with E-state index < -0.39 is 5.82 Å². The van der Waals surface area contributed by atoms with Gasteiger partial charge in [-0.15, -0.1) is 5.10 Å². The zero-order valence-electron chi connectivity index (χ0n) is 18.1. The summed E-state index contributed by atoms with van der Waals surface area (Å²) in [6, 6.07) is 10.7. The van der Waals surface area contributed by atoms with Gasteiger partial charge in [-0.25, -0.2) is 9.07 Å². The number of hydrogen-bond donors (Lipinski definition) is 0. The van der Waals surface area contributed by atoms with Crippen LogP contribution in [0.2, 0.25) is 0 Å². The summed E-state index contributed by atoms with van der Waals surface area (Å²) in [6.45, 7) is 6.85. The number of hydrogen-bond acceptors (Lipinski definition) is 6. The second-order valence-electron chi connectivity index (χ2n) is 7.37. The number of anilines is 1. The van der Waals surface area contributed by atoms with Crippen LogP contribution in [0, 0.1) is 19.7 Å². The van der Waals surface area contributed by atoms with Gasteiger partial charge in [0.15, 0.2) is 11.6 Å². The number of rotatable bonds is 7. The Kier molecular flexibility index (Phi) is 5.79. The lowest BCUT2D eigenvalue weighted by molar-refractivity contribution is 0.338. The molecule has 3 aromatic heterocycles. The highest BCUT2D eigenvalue weighted by atomic mass is 19.1. The zero-order valence-corrected chi connectivity index (χ0v) is 18.1. The molecule has 0 aliphatic rings. The lowest BCUT2D eigenvalue weighted by atomic mass is 10.2. The van der Waals surface area contributed by atoms with E-state index in [-0.39, 0.29) is 0 Å². The van der Waals surface area contributed by atoms with Gasteiger partial charge in [-0.2, -0.15) is 10.2 Å². The number of aromatic nitrogens is 5. The van der Waals surface area contributed by atoms with Crippen LogP contribution in [0.1, 0.15) is 24.0 Å². The van der Waals surface area contributed by atoms with Crippen LogP contribution in [0.5, 0.6) is 5.75 Å². The number of aryl methyl sites for hydroxylation is 2. The van der Waals surface area contributed by atoms with Gasteiger partial charge in [0, 0.05) is 38.0 Å². The SMILES string of the molecule is CCOc1ccc(-n2nc3c(N(C)CCc4ccccn4)nnc(C)c3c2C)c(F)c1. The number of benzene rings is 1. The maximum absolute atomic E-state index is 14.8. The predicted octanol–water partition coefficient (Wildman–Crippen LogP) is 4.04. The fourth-order valence-corrected chi connectivity index (χ4v) is 3.65. The maximum Gasteiger partial charge on any atom is 0.179 e. The number of halogens is 1. The van der Waals surface area contributed by atoms with Crippen molar-refractivity contribution in [2.75, 3.05) is 25.1 Å². The Balaban J connectivity index is 1.72. The summed E-state index contributed by atoms with van der Waals surface area (Å²) >= 11 is 0. The maximum atomic E-state index is 14.8. The van der Waals surface area contributed by atoms with Gasteiger partial charge in [-0.1, -0.05) is 6.07 Å². The Morgan fingerprint density at radius 1 is 1.13 bits per heavy atom. The van der Waals surface area contributed by atoms with Crippen LogP contribution in [0.3, 0.4) is 0 Å². The van der Waals surface area contributed by atoms with Crippen molar-refractivity contribution in [2.24, 2.45) is 0 Å². The van der Waals surface area contributed by atoms with Crippen molar-refractivity contribution in [3.63, 3.8) is 0 Å². The fourth-order valence-electron chi connectivity index (χ4n) is 3.65. The normalized spacial score (nSPS) is 11.1. The Morgan fingerprint density at radius 2 is 1.97 bits per heavy atom. The van der Waals surface area contributed by atoms with Crippen molar-refractivity contribution in [1.82, 2.24) is 25.0 Å². The molecule has 1 aromatic carbocycles. The van der Waals surface area contributed by atoms with Crippen molar-refractivity contribution in [1.29, 1.82) is 0 Å². The quantitative estimate of drug-likeness (QED) is 0.449.